The van der Waals surface area contributed by atoms with Crippen LogP contribution in [0.15, 0.2) is 16.7 Å². The van der Waals surface area contributed by atoms with Gasteiger partial charge in [-0.2, -0.15) is 0 Å². The van der Waals surface area contributed by atoms with Gasteiger partial charge in [-0.3, -0.25) is 0 Å². The van der Waals surface area contributed by atoms with E-state index in [2.05, 4.69) is 20.9 Å². The van der Waals surface area contributed by atoms with Gasteiger partial charge in [0, 0.05) is 30.4 Å². The SMILES string of the molecule is O=C(O)c1cc(Br)cnc1N1CCC(CCO)C1. The third-order valence-corrected chi connectivity index (χ3v) is 3.62. The number of carboxylic acids is 1. The number of aliphatic hydroxyl groups is 1. The van der Waals surface area contributed by atoms with Gasteiger partial charge in [0.25, 0.3) is 0 Å². The minimum Gasteiger partial charge on any atom is -0.478 e. The number of aromatic nitrogens is 1. The summed E-state index contributed by atoms with van der Waals surface area (Å²) in [5.74, 6) is -0.0300. The first-order valence-corrected chi connectivity index (χ1v) is 6.65. The van der Waals surface area contributed by atoms with Crippen molar-refractivity contribution in [2.75, 3.05) is 24.6 Å². The molecule has 1 aliphatic heterocycles. The van der Waals surface area contributed by atoms with Crippen molar-refractivity contribution < 1.29 is 15.0 Å². The maximum Gasteiger partial charge on any atom is 0.339 e. The van der Waals surface area contributed by atoms with Gasteiger partial charge in [0.1, 0.15) is 11.4 Å². The second-order valence-corrected chi connectivity index (χ2v) is 5.36. The van der Waals surface area contributed by atoms with Gasteiger partial charge in [-0.15, -0.1) is 0 Å². The van der Waals surface area contributed by atoms with Crippen LogP contribution < -0.4 is 4.90 Å². The molecule has 1 aromatic rings. The summed E-state index contributed by atoms with van der Waals surface area (Å²) in [6.07, 6.45) is 3.34. The molecule has 5 nitrogen and oxygen atoms in total. The number of aliphatic hydroxyl groups excluding tert-OH is 1. The summed E-state index contributed by atoms with van der Waals surface area (Å²) in [7, 11) is 0. The number of pyridine rings is 1. The highest BCUT2D eigenvalue weighted by Crippen LogP contribution is 2.28. The highest BCUT2D eigenvalue weighted by Gasteiger charge is 2.26. The van der Waals surface area contributed by atoms with Gasteiger partial charge in [-0.1, -0.05) is 0 Å². The third kappa shape index (κ3) is 2.81. The molecule has 1 aliphatic rings. The summed E-state index contributed by atoms with van der Waals surface area (Å²) < 4.78 is 0.662. The largest absolute Gasteiger partial charge is 0.478 e. The van der Waals surface area contributed by atoms with E-state index in [1.54, 1.807) is 12.3 Å². The summed E-state index contributed by atoms with van der Waals surface area (Å²) >= 11 is 3.23. The molecule has 1 unspecified atom stereocenters. The lowest BCUT2D eigenvalue weighted by atomic mass is 10.1. The Morgan fingerprint density at radius 1 is 1.61 bits per heavy atom. The second-order valence-electron chi connectivity index (χ2n) is 4.44. The molecule has 0 spiro atoms. The van der Waals surface area contributed by atoms with Crippen LogP contribution in [0.2, 0.25) is 0 Å². The molecule has 0 aliphatic carbocycles. The molecule has 6 heteroatoms. The van der Waals surface area contributed by atoms with E-state index in [4.69, 9.17) is 5.11 Å². The number of nitrogens with zero attached hydrogens (tertiary/aromatic N) is 2. The third-order valence-electron chi connectivity index (χ3n) is 3.19. The minimum absolute atomic E-state index is 0.179. The topological polar surface area (TPSA) is 73.7 Å². The smallest absolute Gasteiger partial charge is 0.339 e. The first-order valence-electron chi connectivity index (χ1n) is 5.86. The Kier molecular flexibility index (Phi) is 4.19. The van der Waals surface area contributed by atoms with Crippen LogP contribution in [0.5, 0.6) is 0 Å². The summed E-state index contributed by atoms with van der Waals surface area (Å²) in [6, 6.07) is 1.57. The van der Waals surface area contributed by atoms with Crippen LogP contribution in [0.4, 0.5) is 5.82 Å². The van der Waals surface area contributed by atoms with Crippen molar-refractivity contribution in [2.24, 2.45) is 5.92 Å². The van der Waals surface area contributed by atoms with Gasteiger partial charge in [-0.05, 0) is 40.8 Å². The molecule has 0 radical (unpaired) electrons. The lowest BCUT2D eigenvalue weighted by Gasteiger charge is -2.19. The fourth-order valence-electron chi connectivity index (χ4n) is 2.28. The Hall–Kier alpha value is -1.14. The molecule has 2 N–H and O–H groups in total. The van der Waals surface area contributed by atoms with Crippen LogP contribution in [0.1, 0.15) is 23.2 Å². The molecule has 1 saturated heterocycles. The number of halogens is 1. The van der Waals surface area contributed by atoms with E-state index in [1.807, 2.05) is 4.90 Å². The number of carboxylic acid groups (broad SMARTS) is 1. The lowest BCUT2D eigenvalue weighted by Crippen LogP contribution is -2.23. The number of hydrogen-bond acceptors (Lipinski definition) is 4. The predicted octanol–water partition coefficient (Wildman–Crippen LogP) is 1.75. The van der Waals surface area contributed by atoms with Crippen molar-refractivity contribution in [3.05, 3.63) is 22.3 Å². The quantitative estimate of drug-likeness (QED) is 0.885. The van der Waals surface area contributed by atoms with Crippen molar-refractivity contribution in [1.82, 2.24) is 4.98 Å². The molecule has 0 amide bonds. The van der Waals surface area contributed by atoms with Gasteiger partial charge < -0.3 is 15.1 Å². The molecule has 0 saturated carbocycles. The highest BCUT2D eigenvalue weighted by molar-refractivity contribution is 9.10. The van der Waals surface area contributed by atoms with Gasteiger partial charge >= 0.3 is 5.97 Å². The van der Waals surface area contributed by atoms with E-state index in [9.17, 15) is 9.90 Å². The zero-order chi connectivity index (χ0) is 13.1. The van der Waals surface area contributed by atoms with E-state index in [0.717, 1.165) is 25.9 Å². The standard InChI is InChI=1S/C12H15BrN2O3/c13-9-5-10(12(17)18)11(14-6-9)15-3-1-8(7-15)2-4-16/h5-6,8,16H,1-4,7H2,(H,17,18). The number of aromatic carboxylic acids is 1. The molecule has 1 aromatic heterocycles. The van der Waals surface area contributed by atoms with Gasteiger partial charge in [-0.25, -0.2) is 9.78 Å². The zero-order valence-electron chi connectivity index (χ0n) is 9.84. The Bertz CT molecular complexity index is 453. The molecule has 2 heterocycles. The number of carbonyl (C=O) groups is 1. The highest BCUT2D eigenvalue weighted by atomic mass is 79.9. The fraction of sp³-hybridized carbons (Fsp3) is 0.500. The molecule has 0 aromatic carbocycles. The maximum absolute atomic E-state index is 11.2. The van der Waals surface area contributed by atoms with E-state index >= 15 is 0 Å². The molecule has 98 valence electrons. The Morgan fingerprint density at radius 3 is 3.06 bits per heavy atom. The summed E-state index contributed by atoms with van der Waals surface area (Å²) in [5, 5.41) is 18.1. The average molecular weight is 315 g/mol. The summed E-state index contributed by atoms with van der Waals surface area (Å²) in [4.78, 5) is 17.4. The lowest BCUT2D eigenvalue weighted by molar-refractivity contribution is 0.0697. The molecule has 0 bridgehead atoms. The first kappa shape index (κ1) is 13.3. The normalized spacial score (nSPS) is 19.2. The van der Waals surface area contributed by atoms with E-state index in [1.165, 1.54) is 0 Å². The predicted molar refractivity (Wildman–Crippen MR) is 70.9 cm³/mol. The zero-order valence-corrected chi connectivity index (χ0v) is 11.4. The maximum atomic E-state index is 11.2. The first-order chi connectivity index (χ1) is 8.61. The van der Waals surface area contributed by atoms with Crippen molar-refractivity contribution >= 4 is 27.7 Å². The van der Waals surface area contributed by atoms with Crippen LogP contribution >= 0.6 is 15.9 Å². The Balaban J connectivity index is 2.21. The van der Waals surface area contributed by atoms with Crippen LogP contribution in [-0.4, -0.2) is 40.9 Å². The van der Waals surface area contributed by atoms with Crippen LogP contribution in [0, 0.1) is 5.92 Å². The van der Waals surface area contributed by atoms with Crippen molar-refractivity contribution in [1.29, 1.82) is 0 Å². The molecular formula is C12H15BrN2O3. The second kappa shape index (κ2) is 5.67. The van der Waals surface area contributed by atoms with Gasteiger partial charge in [0.05, 0.1) is 0 Å². The molecule has 1 atom stereocenters. The fourth-order valence-corrected chi connectivity index (χ4v) is 2.62. The van der Waals surface area contributed by atoms with E-state index in [-0.39, 0.29) is 12.2 Å². The monoisotopic (exact) mass is 314 g/mol. The molecule has 2 rings (SSSR count). The van der Waals surface area contributed by atoms with E-state index in [0.29, 0.717) is 16.2 Å². The van der Waals surface area contributed by atoms with Gasteiger partial charge in [0.15, 0.2) is 0 Å². The van der Waals surface area contributed by atoms with Crippen LogP contribution in [0.25, 0.3) is 0 Å². The van der Waals surface area contributed by atoms with Crippen molar-refractivity contribution in [2.45, 2.75) is 12.8 Å². The van der Waals surface area contributed by atoms with Crippen LogP contribution in [-0.2, 0) is 0 Å². The number of rotatable bonds is 4. The number of hydrogen-bond donors (Lipinski definition) is 2. The minimum atomic E-state index is -0.968. The number of anilines is 1. The molecular weight excluding hydrogens is 300 g/mol. The van der Waals surface area contributed by atoms with Crippen LogP contribution in [0.3, 0.4) is 0 Å². The van der Waals surface area contributed by atoms with Gasteiger partial charge in [0.2, 0.25) is 0 Å². The Labute approximate surface area is 114 Å². The molecule has 18 heavy (non-hydrogen) atoms. The van der Waals surface area contributed by atoms with Crippen molar-refractivity contribution in [3.8, 4) is 0 Å². The molecule has 1 fully saturated rings. The summed E-state index contributed by atoms with van der Waals surface area (Å²) in [6.45, 7) is 1.73. The summed E-state index contributed by atoms with van der Waals surface area (Å²) in [5.41, 5.74) is 0.217. The Morgan fingerprint density at radius 2 is 2.39 bits per heavy atom. The van der Waals surface area contributed by atoms with E-state index < -0.39 is 5.97 Å². The van der Waals surface area contributed by atoms with Crippen molar-refractivity contribution in [3.63, 3.8) is 0 Å². The average Bonchev–Trinajstić information content (AvgIpc) is 2.78.